The zero-order valence-electron chi connectivity index (χ0n) is 13.2. The SMILES string of the molecule is O=C([O-])C1=C(C=CC[n+]2cccc3ccccc32)CSC2CCN12. The van der Waals surface area contributed by atoms with E-state index in [1.165, 1.54) is 10.9 Å². The largest absolute Gasteiger partial charge is 0.543 e. The van der Waals surface area contributed by atoms with Gasteiger partial charge in [0.05, 0.1) is 17.0 Å². The third kappa shape index (κ3) is 2.69. The Morgan fingerprint density at radius 2 is 2.17 bits per heavy atom. The standard InChI is InChI=1S/C19H18N2O2S/c22-19(23)18-15(13-24-17-9-12-21(17)18)7-4-11-20-10-3-6-14-5-1-2-8-16(14)20/h1-8,10,17H,9,11-13H2. The van der Waals surface area contributed by atoms with Crippen LogP contribution in [0, 0.1) is 0 Å². The van der Waals surface area contributed by atoms with Gasteiger partial charge < -0.3 is 14.8 Å². The van der Waals surface area contributed by atoms with Crippen molar-refractivity contribution in [3.05, 3.63) is 66.0 Å². The van der Waals surface area contributed by atoms with Crippen LogP contribution in [0.15, 0.2) is 66.0 Å². The van der Waals surface area contributed by atoms with E-state index >= 15 is 0 Å². The average molecular weight is 338 g/mol. The molecule has 2 aromatic rings. The number of aliphatic carboxylic acids is 1. The number of fused-ring (bicyclic) bond motifs is 2. The summed E-state index contributed by atoms with van der Waals surface area (Å²) in [5.41, 5.74) is 2.40. The van der Waals surface area contributed by atoms with Gasteiger partial charge in [-0.2, -0.15) is 4.57 Å². The number of thioether (sulfide) groups is 1. The topological polar surface area (TPSA) is 47.2 Å². The van der Waals surface area contributed by atoms with E-state index in [2.05, 4.69) is 22.8 Å². The van der Waals surface area contributed by atoms with Crippen LogP contribution in [0.1, 0.15) is 6.42 Å². The van der Waals surface area contributed by atoms with E-state index in [0.717, 1.165) is 24.3 Å². The van der Waals surface area contributed by atoms with Crippen LogP contribution in [0.2, 0.25) is 0 Å². The molecule has 0 radical (unpaired) electrons. The van der Waals surface area contributed by atoms with Gasteiger partial charge in [0, 0.05) is 29.8 Å². The second-order valence-corrected chi connectivity index (χ2v) is 7.20. The van der Waals surface area contributed by atoms with Crippen LogP contribution in [0.25, 0.3) is 10.9 Å². The molecule has 0 saturated carbocycles. The van der Waals surface area contributed by atoms with Crippen molar-refractivity contribution in [2.75, 3.05) is 12.3 Å². The monoisotopic (exact) mass is 338 g/mol. The lowest BCUT2D eigenvalue weighted by atomic mass is 10.1. The predicted octanol–water partition coefficient (Wildman–Crippen LogP) is 1.47. The van der Waals surface area contributed by atoms with Crippen molar-refractivity contribution >= 4 is 28.6 Å². The van der Waals surface area contributed by atoms with Crippen molar-refractivity contribution in [2.45, 2.75) is 18.3 Å². The fraction of sp³-hybridized carbons (Fsp3) is 0.263. The molecular formula is C19H18N2O2S. The Kier molecular flexibility index (Phi) is 4.02. The van der Waals surface area contributed by atoms with Crippen molar-refractivity contribution in [1.82, 2.24) is 4.90 Å². The van der Waals surface area contributed by atoms with Crippen LogP contribution in [-0.2, 0) is 11.3 Å². The number of hydrogen-bond acceptors (Lipinski definition) is 4. The highest BCUT2D eigenvalue weighted by Crippen LogP contribution is 2.38. The fourth-order valence-electron chi connectivity index (χ4n) is 3.30. The Bertz CT molecular complexity index is 854. The minimum absolute atomic E-state index is 0.322. The summed E-state index contributed by atoms with van der Waals surface area (Å²) < 4.78 is 2.16. The van der Waals surface area contributed by atoms with Gasteiger partial charge >= 0.3 is 0 Å². The van der Waals surface area contributed by atoms with E-state index in [-0.39, 0.29) is 0 Å². The highest BCUT2D eigenvalue weighted by atomic mass is 32.2. The fourth-order valence-corrected chi connectivity index (χ4v) is 4.56. The molecule has 3 heterocycles. The molecule has 1 fully saturated rings. The van der Waals surface area contributed by atoms with E-state index in [1.54, 1.807) is 0 Å². The van der Waals surface area contributed by atoms with E-state index in [9.17, 15) is 9.90 Å². The van der Waals surface area contributed by atoms with Crippen LogP contribution in [-0.4, -0.2) is 28.5 Å². The molecule has 0 amide bonds. The molecule has 5 heteroatoms. The van der Waals surface area contributed by atoms with Crippen LogP contribution < -0.4 is 9.67 Å². The second-order valence-electron chi connectivity index (χ2n) is 6.03. The molecule has 2 aliphatic rings. The summed E-state index contributed by atoms with van der Waals surface area (Å²) in [6, 6.07) is 12.4. The molecule has 0 spiro atoms. The summed E-state index contributed by atoms with van der Waals surface area (Å²) >= 11 is 1.81. The maximum absolute atomic E-state index is 11.5. The van der Waals surface area contributed by atoms with Gasteiger partial charge in [-0.3, -0.25) is 0 Å². The van der Waals surface area contributed by atoms with E-state index < -0.39 is 5.97 Å². The molecule has 4 rings (SSSR count). The first-order valence-corrected chi connectivity index (χ1v) is 9.15. The highest BCUT2D eigenvalue weighted by molar-refractivity contribution is 8.00. The third-order valence-electron chi connectivity index (χ3n) is 4.59. The third-order valence-corrected chi connectivity index (χ3v) is 5.94. The number of rotatable bonds is 4. The van der Waals surface area contributed by atoms with Gasteiger partial charge in [0.1, 0.15) is 0 Å². The number of para-hydroxylation sites is 1. The lowest BCUT2D eigenvalue weighted by Gasteiger charge is -2.47. The molecule has 2 aliphatic heterocycles. The number of carboxylic acids is 1. The van der Waals surface area contributed by atoms with Gasteiger partial charge in [-0.15, -0.1) is 11.8 Å². The molecule has 1 unspecified atom stereocenters. The number of allylic oxidation sites excluding steroid dienone is 2. The molecule has 1 aromatic heterocycles. The Morgan fingerprint density at radius 1 is 1.33 bits per heavy atom. The number of carbonyl (C=O) groups is 1. The van der Waals surface area contributed by atoms with Crippen molar-refractivity contribution < 1.29 is 14.5 Å². The number of aromatic nitrogens is 1. The van der Waals surface area contributed by atoms with Crippen molar-refractivity contribution in [3.8, 4) is 0 Å². The molecule has 1 saturated heterocycles. The summed E-state index contributed by atoms with van der Waals surface area (Å²) in [4.78, 5) is 13.5. The zero-order chi connectivity index (χ0) is 16.5. The molecular weight excluding hydrogens is 320 g/mol. The molecule has 24 heavy (non-hydrogen) atoms. The van der Waals surface area contributed by atoms with Gasteiger partial charge in [-0.1, -0.05) is 18.2 Å². The van der Waals surface area contributed by atoms with E-state index in [4.69, 9.17) is 0 Å². The van der Waals surface area contributed by atoms with Crippen LogP contribution in [0.4, 0.5) is 0 Å². The minimum atomic E-state index is -1.06. The molecule has 122 valence electrons. The second kappa shape index (κ2) is 6.32. The van der Waals surface area contributed by atoms with Crippen molar-refractivity contribution in [1.29, 1.82) is 0 Å². The van der Waals surface area contributed by atoms with Gasteiger partial charge in [-0.25, -0.2) is 0 Å². The first-order chi connectivity index (χ1) is 11.7. The number of hydrogen-bond donors (Lipinski definition) is 0. The Morgan fingerprint density at radius 3 is 2.96 bits per heavy atom. The normalized spacial score (nSPS) is 20.3. The summed E-state index contributed by atoms with van der Waals surface area (Å²) in [6.45, 7) is 1.52. The molecule has 0 bridgehead atoms. The maximum atomic E-state index is 11.5. The lowest BCUT2D eigenvalue weighted by Crippen LogP contribution is -2.51. The number of carboxylic acid groups (broad SMARTS) is 1. The molecule has 0 N–H and O–H groups in total. The first kappa shape index (κ1) is 15.3. The Hall–Kier alpha value is -2.27. The molecule has 1 atom stereocenters. The number of carbonyl (C=O) groups excluding carboxylic acids is 1. The summed E-state index contributed by atoms with van der Waals surface area (Å²) in [7, 11) is 0. The van der Waals surface area contributed by atoms with E-state index in [0.29, 0.717) is 17.6 Å². The summed E-state index contributed by atoms with van der Waals surface area (Å²) in [5, 5.41) is 13.0. The number of benzene rings is 1. The van der Waals surface area contributed by atoms with Gasteiger partial charge in [-0.05, 0) is 30.2 Å². The van der Waals surface area contributed by atoms with Crippen LogP contribution in [0.3, 0.4) is 0 Å². The van der Waals surface area contributed by atoms with Gasteiger partial charge in [0.2, 0.25) is 5.52 Å². The molecule has 4 nitrogen and oxygen atoms in total. The number of pyridine rings is 1. The quantitative estimate of drug-likeness (QED) is 0.792. The summed E-state index contributed by atoms with van der Waals surface area (Å²) in [5.74, 6) is -0.321. The highest BCUT2D eigenvalue weighted by Gasteiger charge is 2.35. The zero-order valence-corrected chi connectivity index (χ0v) is 14.0. The van der Waals surface area contributed by atoms with Crippen molar-refractivity contribution in [2.24, 2.45) is 0 Å². The average Bonchev–Trinajstić information content (AvgIpc) is 2.56. The summed E-state index contributed by atoms with van der Waals surface area (Å²) in [6.07, 6.45) is 7.08. The lowest BCUT2D eigenvalue weighted by molar-refractivity contribution is -0.661. The molecule has 1 aromatic carbocycles. The smallest absolute Gasteiger partial charge is 0.212 e. The van der Waals surface area contributed by atoms with E-state index in [1.807, 2.05) is 53.2 Å². The Labute approximate surface area is 145 Å². The minimum Gasteiger partial charge on any atom is -0.543 e. The first-order valence-electron chi connectivity index (χ1n) is 8.10. The van der Waals surface area contributed by atoms with Crippen LogP contribution in [0.5, 0.6) is 0 Å². The van der Waals surface area contributed by atoms with Gasteiger partial charge in [0.15, 0.2) is 12.7 Å². The molecule has 0 aliphatic carbocycles. The Balaban J connectivity index is 1.59. The van der Waals surface area contributed by atoms with Gasteiger partial charge in [0.25, 0.3) is 0 Å². The van der Waals surface area contributed by atoms with Crippen molar-refractivity contribution in [3.63, 3.8) is 0 Å². The maximum Gasteiger partial charge on any atom is 0.212 e. The predicted molar refractivity (Wildman–Crippen MR) is 92.9 cm³/mol. The number of nitrogens with zero attached hydrogens (tertiary/aromatic N) is 2. The van der Waals surface area contributed by atoms with Crippen LogP contribution >= 0.6 is 11.8 Å².